The van der Waals surface area contributed by atoms with Crippen LogP contribution in [-0.4, -0.2) is 68.3 Å². The summed E-state index contributed by atoms with van der Waals surface area (Å²) in [6.07, 6.45) is 38.2. The highest BCUT2D eigenvalue weighted by atomic mass is 31.2. The van der Waals surface area contributed by atoms with Crippen molar-refractivity contribution in [2.75, 3.05) is 40.5 Å². The minimum atomic E-state index is -4.36. The summed E-state index contributed by atoms with van der Waals surface area (Å²) >= 11 is 0. The van der Waals surface area contributed by atoms with Crippen molar-refractivity contribution < 1.29 is 37.6 Å². The standard InChI is InChI=1S/C43H84NO8P/c1-5-7-9-11-13-15-17-19-21-23-25-27-29-31-33-35-42(45)49-39-41(40-51-53(47,48)50-38-37-44(3)4)52-43(46)36-34-32-30-28-26-24-22-20-18-16-14-12-10-8-6-2/h20,22,41H,5-19,21,23-40H2,1-4H3,(H,47,48)/b22-20-. The maximum absolute atomic E-state index is 12.6. The summed E-state index contributed by atoms with van der Waals surface area (Å²) < 4.78 is 33.5. The first-order chi connectivity index (χ1) is 25.7. The van der Waals surface area contributed by atoms with Crippen molar-refractivity contribution in [1.29, 1.82) is 0 Å². The number of likely N-dealkylation sites (N-methyl/N-ethyl adjacent to an activating group) is 1. The lowest BCUT2D eigenvalue weighted by Gasteiger charge is -2.20. The maximum Gasteiger partial charge on any atom is 0.472 e. The van der Waals surface area contributed by atoms with E-state index in [1.807, 2.05) is 19.0 Å². The molecule has 9 nitrogen and oxygen atoms in total. The van der Waals surface area contributed by atoms with Crippen LogP contribution in [-0.2, 0) is 32.7 Å². The van der Waals surface area contributed by atoms with Crippen LogP contribution >= 0.6 is 7.82 Å². The Kier molecular flexibility index (Phi) is 38.1. The lowest BCUT2D eigenvalue weighted by Crippen LogP contribution is -2.29. The van der Waals surface area contributed by atoms with Crippen LogP contribution in [0, 0.1) is 0 Å². The molecule has 0 bridgehead atoms. The fourth-order valence-electron chi connectivity index (χ4n) is 6.15. The average Bonchev–Trinajstić information content (AvgIpc) is 3.12. The molecule has 0 aromatic carbocycles. The van der Waals surface area contributed by atoms with Crippen LogP contribution in [0.1, 0.15) is 206 Å². The highest BCUT2D eigenvalue weighted by Gasteiger charge is 2.26. The lowest BCUT2D eigenvalue weighted by molar-refractivity contribution is -0.161. The normalized spacial score (nSPS) is 13.5. The molecule has 0 aliphatic carbocycles. The van der Waals surface area contributed by atoms with Crippen LogP contribution in [0.15, 0.2) is 12.2 Å². The summed E-state index contributed by atoms with van der Waals surface area (Å²) in [6.45, 7) is 4.33. The van der Waals surface area contributed by atoms with Gasteiger partial charge in [-0.2, -0.15) is 0 Å². The van der Waals surface area contributed by atoms with E-state index in [-0.39, 0.29) is 25.6 Å². The molecular formula is C43H84NO8P. The second-order valence-electron chi connectivity index (χ2n) is 15.2. The minimum Gasteiger partial charge on any atom is -0.462 e. The van der Waals surface area contributed by atoms with E-state index in [9.17, 15) is 19.0 Å². The van der Waals surface area contributed by atoms with Crippen LogP contribution in [0.2, 0.25) is 0 Å². The van der Waals surface area contributed by atoms with E-state index < -0.39 is 26.5 Å². The Balaban J connectivity index is 4.27. The molecule has 2 unspecified atom stereocenters. The Morgan fingerprint density at radius 1 is 0.566 bits per heavy atom. The fourth-order valence-corrected chi connectivity index (χ4v) is 6.89. The molecule has 0 amide bonds. The Labute approximate surface area is 326 Å². The molecule has 1 N–H and O–H groups in total. The van der Waals surface area contributed by atoms with Gasteiger partial charge >= 0.3 is 19.8 Å². The molecule has 0 aliphatic heterocycles. The molecule has 0 saturated carbocycles. The van der Waals surface area contributed by atoms with E-state index in [2.05, 4.69) is 26.0 Å². The molecule has 10 heteroatoms. The number of carbonyl (C=O) groups is 2. The number of phosphoric acid groups is 1. The molecule has 0 radical (unpaired) electrons. The Morgan fingerprint density at radius 3 is 1.40 bits per heavy atom. The quantitative estimate of drug-likeness (QED) is 0.0281. The number of carbonyl (C=O) groups excluding carboxylic acids is 2. The van der Waals surface area contributed by atoms with Gasteiger partial charge in [0, 0.05) is 19.4 Å². The third-order valence-corrected chi connectivity index (χ3v) is 10.6. The molecule has 0 saturated heterocycles. The van der Waals surface area contributed by atoms with E-state index in [0.29, 0.717) is 19.4 Å². The van der Waals surface area contributed by atoms with Gasteiger partial charge in [0.25, 0.3) is 0 Å². The van der Waals surface area contributed by atoms with Gasteiger partial charge in [-0.1, -0.05) is 167 Å². The van der Waals surface area contributed by atoms with Gasteiger partial charge in [0.05, 0.1) is 13.2 Å². The zero-order valence-corrected chi connectivity index (χ0v) is 35.9. The summed E-state index contributed by atoms with van der Waals surface area (Å²) in [6, 6.07) is 0. The summed E-state index contributed by atoms with van der Waals surface area (Å²) in [7, 11) is -0.706. The zero-order valence-electron chi connectivity index (χ0n) is 35.0. The van der Waals surface area contributed by atoms with Gasteiger partial charge in [0.2, 0.25) is 0 Å². The van der Waals surface area contributed by atoms with Crippen LogP contribution < -0.4 is 0 Å². The molecule has 0 heterocycles. The van der Waals surface area contributed by atoms with Crippen molar-refractivity contribution in [2.45, 2.75) is 213 Å². The van der Waals surface area contributed by atoms with Crippen molar-refractivity contribution in [2.24, 2.45) is 0 Å². The third kappa shape index (κ3) is 40.2. The SMILES string of the molecule is CCCCCCCC/C=C\CCCCCCCC(=O)OC(COC(=O)CCCCCCCCCCCCCCCCC)COP(=O)(O)OCCN(C)C. The number of allylic oxidation sites excluding steroid dienone is 2. The number of ether oxygens (including phenoxy) is 2. The number of phosphoric ester groups is 1. The van der Waals surface area contributed by atoms with E-state index in [4.69, 9.17) is 18.5 Å². The first kappa shape index (κ1) is 51.8. The number of rotatable bonds is 41. The van der Waals surface area contributed by atoms with E-state index in [1.54, 1.807) is 0 Å². The molecule has 0 aliphatic rings. The van der Waals surface area contributed by atoms with Gasteiger partial charge in [-0.3, -0.25) is 18.6 Å². The predicted molar refractivity (Wildman–Crippen MR) is 220 cm³/mol. The number of hydrogen-bond donors (Lipinski definition) is 1. The molecule has 2 atom stereocenters. The first-order valence-electron chi connectivity index (χ1n) is 22.0. The van der Waals surface area contributed by atoms with E-state index >= 15 is 0 Å². The van der Waals surface area contributed by atoms with Crippen molar-refractivity contribution in [3.8, 4) is 0 Å². The predicted octanol–water partition coefficient (Wildman–Crippen LogP) is 12.4. The number of unbranched alkanes of at least 4 members (excludes halogenated alkanes) is 25. The highest BCUT2D eigenvalue weighted by molar-refractivity contribution is 7.47. The van der Waals surface area contributed by atoms with Crippen LogP contribution in [0.25, 0.3) is 0 Å². The fraction of sp³-hybridized carbons (Fsp3) is 0.907. The maximum atomic E-state index is 12.6. The zero-order chi connectivity index (χ0) is 39.1. The highest BCUT2D eigenvalue weighted by Crippen LogP contribution is 2.43. The Bertz CT molecular complexity index is 900. The monoisotopic (exact) mass is 774 g/mol. The second-order valence-corrected chi connectivity index (χ2v) is 16.7. The Hall–Kier alpha value is -1.25. The van der Waals surface area contributed by atoms with Crippen molar-refractivity contribution in [1.82, 2.24) is 4.90 Å². The van der Waals surface area contributed by atoms with Gasteiger partial charge in [0.1, 0.15) is 6.61 Å². The van der Waals surface area contributed by atoms with Crippen molar-refractivity contribution >= 4 is 19.8 Å². The molecule has 0 spiro atoms. The molecule has 53 heavy (non-hydrogen) atoms. The second kappa shape index (κ2) is 39.0. The molecular weight excluding hydrogens is 689 g/mol. The Morgan fingerprint density at radius 2 is 0.962 bits per heavy atom. The summed E-state index contributed by atoms with van der Waals surface area (Å²) in [5.74, 6) is -0.802. The molecule has 314 valence electrons. The minimum absolute atomic E-state index is 0.00888. The molecule has 0 aromatic heterocycles. The van der Waals surface area contributed by atoms with Gasteiger partial charge in [-0.05, 0) is 52.6 Å². The largest absolute Gasteiger partial charge is 0.472 e. The van der Waals surface area contributed by atoms with E-state index in [0.717, 1.165) is 51.4 Å². The van der Waals surface area contributed by atoms with Crippen LogP contribution in [0.3, 0.4) is 0 Å². The molecule has 0 fully saturated rings. The molecule has 0 aromatic rings. The van der Waals surface area contributed by atoms with Crippen molar-refractivity contribution in [3.63, 3.8) is 0 Å². The van der Waals surface area contributed by atoms with Crippen LogP contribution in [0.4, 0.5) is 0 Å². The van der Waals surface area contributed by atoms with Gasteiger partial charge in [0.15, 0.2) is 6.10 Å². The summed E-state index contributed by atoms with van der Waals surface area (Å²) in [5.41, 5.74) is 0. The summed E-state index contributed by atoms with van der Waals surface area (Å²) in [4.78, 5) is 37.0. The van der Waals surface area contributed by atoms with Crippen LogP contribution in [0.5, 0.6) is 0 Å². The topological polar surface area (TPSA) is 112 Å². The third-order valence-electron chi connectivity index (χ3n) is 9.57. The number of nitrogens with zero attached hydrogens (tertiary/aromatic N) is 1. The van der Waals surface area contributed by atoms with Gasteiger partial charge in [-0.15, -0.1) is 0 Å². The smallest absolute Gasteiger partial charge is 0.462 e. The lowest BCUT2D eigenvalue weighted by atomic mass is 10.0. The van der Waals surface area contributed by atoms with E-state index in [1.165, 1.54) is 122 Å². The van der Waals surface area contributed by atoms with Gasteiger partial charge in [-0.25, -0.2) is 4.57 Å². The first-order valence-corrected chi connectivity index (χ1v) is 23.5. The molecule has 0 rings (SSSR count). The average molecular weight is 774 g/mol. The number of esters is 2. The van der Waals surface area contributed by atoms with Crippen molar-refractivity contribution in [3.05, 3.63) is 12.2 Å². The van der Waals surface area contributed by atoms with Gasteiger partial charge < -0.3 is 19.3 Å². The summed E-state index contributed by atoms with van der Waals surface area (Å²) in [5, 5.41) is 0. The number of hydrogen-bond acceptors (Lipinski definition) is 8.